The topological polar surface area (TPSA) is 33.0 Å². The Labute approximate surface area is 163 Å². The fourth-order valence-electron chi connectivity index (χ4n) is 4.72. The van der Waals surface area contributed by atoms with E-state index in [2.05, 4.69) is 6.07 Å². The predicted molar refractivity (Wildman–Crippen MR) is 107 cm³/mol. The lowest BCUT2D eigenvalue weighted by Gasteiger charge is -2.32. The van der Waals surface area contributed by atoms with Crippen LogP contribution in [0.15, 0.2) is 36.4 Å². The molecule has 2 aliphatic carbocycles. The van der Waals surface area contributed by atoms with Gasteiger partial charge < -0.3 is 4.74 Å². The van der Waals surface area contributed by atoms with Gasteiger partial charge in [0.1, 0.15) is 5.82 Å². The molecule has 0 radical (unpaired) electrons. The minimum absolute atomic E-state index is 0.144. The minimum Gasteiger partial charge on any atom is -0.378 e. The summed E-state index contributed by atoms with van der Waals surface area (Å²) in [7, 11) is 0. The number of hydrogen-bond donors (Lipinski definition) is 0. The van der Waals surface area contributed by atoms with Gasteiger partial charge in [-0.15, -0.1) is 0 Å². The van der Waals surface area contributed by atoms with Crippen molar-refractivity contribution in [3.63, 3.8) is 0 Å². The van der Waals surface area contributed by atoms with Gasteiger partial charge >= 0.3 is 0 Å². The first-order valence-electron chi connectivity index (χ1n) is 10.7. The Kier molecular flexibility index (Phi) is 7.90. The summed E-state index contributed by atoms with van der Waals surface area (Å²) in [4.78, 5) is 0. The van der Waals surface area contributed by atoms with Crippen molar-refractivity contribution in [2.75, 3.05) is 6.61 Å². The Morgan fingerprint density at radius 1 is 0.963 bits per heavy atom. The first-order valence-corrected chi connectivity index (χ1v) is 10.7. The summed E-state index contributed by atoms with van der Waals surface area (Å²) in [6.45, 7) is 0.913. The second-order valence-electron chi connectivity index (χ2n) is 8.35. The van der Waals surface area contributed by atoms with Gasteiger partial charge in [0.15, 0.2) is 0 Å². The van der Waals surface area contributed by atoms with E-state index in [1.807, 2.05) is 18.2 Å². The first kappa shape index (κ1) is 20.1. The molecular formula is C24H32FNO. The van der Waals surface area contributed by atoms with Crippen LogP contribution in [0.25, 0.3) is 0 Å². The monoisotopic (exact) mass is 369 g/mol. The summed E-state index contributed by atoms with van der Waals surface area (Å²) in [6, 6.07) is 9.13. The van der Waals surface area contributed by atoms with E-state index >= 15 is 0 Å². The van der Waals surface area contributed by atoms with Crippen LogP contribution >= 0.6 is 0 Å². The Bertz CT molecular complexity index is 617. The fourth-order valence-corrected chi connectivity index (χ4v) is 4.72. The molecule has 1 aromatic carbocycles. The van der Waals surface area contributed by atoms with Crippen LogP contribution < -0.4 is 0 Å². The standard InChI is InChI=1S/C24H32FNO/c25-23-13-11-22(12-14-23)21-9-5-20(6-10-21)18-27-24-15-7-19(8-16-24)4-2-1-3-17-26/h1,3,11-14,19-21,24H,2,4-10,15-16,18H2/b3-1+/t19-,20-,21-,24-. The number of allylic oxidation sites excluding steroid dienone is 2. The molecule has 0 atom stereocenters. The third kappa shape index (κ3) is 6.47. The summed E-state index contributed by atoms with van der Waals surface area (Å²) in [5.74, 6) is 1.94. The van der Waals surface area contributed by atoms with Gasteiger partial charge in [0, 0.05) is 12.7 Å². The van der Waals surface area contributed by atoms with E-state index in [9.17, 15) is 4.39 Å². The molecule has 0 bridgehead atoms. The number of ether oxygens (including phenoxy) is 1. The summed E-state index contributed by atoms with van der Waals surface area (Å²) in [6.07, 6.45) is 16.0. The Morgan fingerprint density at radius 3 is 2.30 bits per heavy atom. The highest BCUT2D eigenvalue weighted by molar-refractivity contribution is 5.20. The fraction of sp³-hybridized carbons (Fsp3) is 0.625. The molecule has 0 heterocycles. The van der Waals surface area contributed by atoms with Gasteiger partial charge in [0.25, 0.3) is 0 Å². The first-order chi connectivity index (χ1) is 13.2. The Balaban J connectivity index is 1.30. The normalized spacial score (nSPS) is 28.9. The van der Waals surface area contributed by atoms with Crippen LogP contribution in [0, 0.1) is 29.0 Å². The molecule has 146 valence electrons. The molecule has 0 unspecified atom stereocenters. The highest BCUT2D eigenvalue weighted by Crippen LogP contribution is 2.37. The maximum atomic E-state index is 13.1. The number of rotatable bonds is 7. The number of halogens is 1. The summed E-state index contributed by atoms with van der Waals surface area (Å²) in [5, 5.41) is 8.52. The molecule has 3 heteroatoms. The smallest absolute Gasteiger partial charge is 0.123 e. The highest BCUT2D eigenvalue weighted by atomic mass is 19.1. The van der Waals surface area contributed by atoms with Gasteiger partial charge in [0.05, 0.1) is 12.2 Å². The number of nitriles is 1. The van der Waals surface area contributed by atoms with Crippen molar-refractivity contribution < 1.29 is 9.13 Å². The van der Waals surface area contributed by atoms with Crippen LogP contribution in [0.5, 0.6) is 0 Å². The lowest BCUT2D eigenvalue weighted by molar-refractivity contribution is -0.00824. The zero-order valence-electron chi connectivity index (χ0n) is 16.3. The second kappa shape index (κ2) is 10.6. The molecule has 0 amide bonds. The Hall–Kier alpha value is -1.66. The molecule has 0 aliphatic heterocycles. The molecule has 0 saturated heterocycles. The molecule has 27 heavy (non-hydrogen) atoms. The predicted octanol–water partition coefficient (Wildman–Crippen LogP) is 6.53. The molecule has 2 fully saturated rings. The highest BCUT2D eigenvalue weighted by Gasteiger charge is 2.25. The molecule has 0 N–H and O–H groups in total. The molecule has 2 nitrogen and oxygen atoms in total. The van der Waals surface area contributed by atoms with Gasteiger partial charge in [0.2, 0.25) is 0 Å². The summed E-state index contributed by atoms with van der Waals surface area (Å²) >= 11 is 0. The third-order valence-electron chi connectivity index (χ3n) is 6.48. The summed E-state index contributed by atoms with van der Waals surface area (Å²) < 4.78 is 19.3. The number of hydrogen-bond acceptors (Lipinski definition) is 2. The average molecular weight is 370 g/mol. The van der Waals surface area contributed by atoms with E-state index in [0.717, 1.165) is 18.9 Å². The molecular weight excluding hydrogens is 337 g/mol. The van der Waals surface area contributed by atoms with Gasteiger partial charge in [-0.3, -0.25) is 0 Å². The Morgan fingerprint density at radius 2 is 1.63 bits per heavy atom. The average Bonchev–Trinajstić information content (AvgIpc) is 2.72. The maximum absolute atomic E-state index is 13.1. The van der Waals surface area contributed by atoms with Crippen molar-refractivity contribution >= 4 is 0 Å². The molecule has 0 spiro atoms. The van der Waals surface area contributed by atoms with E-state index < -0.39 is 0 Å². The third-order valence-corrected chi connectivity index (χ3v) is 6.48. The van der Waals surface area contributed by atoms with E-state index in [1.165, 1.54) is 63.4 Å². The van der Waals surface area contributed by atoms with E-state index in [1.54, 1.807) is 18.2 Å². The lowest BCUT2D eigenvalue weighted by atomic mass is 9.79. The van der Waals surface area contributed by atoms with Crippen LogP contribution in [0.3, 0.4) is 0 Å². The molecule has 0 aromatic heterocycles. The van der Waals surface area contributed by atoms with Crippen LogP contribution in [0.1, 0.15) is 75.7 Å². The molecule has 2 saturated carbocycles. The van der Waals surface area contributed by atoms with Crippen molar-refractivity contribution in [3.05, 3.63) is 47.8 Å². The quantitative estimate of drug-likeness (QED) is 0.512. The largest absolute Gasteiger partial charge is 0.378 e. The van der Waals surface area contributed by atoms with Crippen LogP contribution in [0.4, 0.5) is 4.39 Å². The second-order valence-corrected chi connectivity index (χ2v) is 8.35. The number of nitrogens with zero attached hydrogens (tertiary/aromatic N) is 1. The van der Waals surface area contributed by atoms with Crippen molar-refractivity contribution in [1.82, 2.24) is 0 Å². The SMILES string of the molecule is N#C/C=C/CC[C@H]1CC[C@H](OC[C@H]2CC[C@H](c3ccc(F)cc3)CC2)CC1. The molecule has 2 aliphatic rings. The van der Waals surface area contributed by atoms with Crippen LogP contribution in [0.2, 0.25) is 0 Å². The van der Waals surface area contributed by atoms with E-state index in [4.69, 9.17) is 10.00 Å². The zero-order valence-corrected chi connectivity index (χ0v) is 16.3. The van der Waals surface area contributed by atoms with Crippen molar-refractivity contribution in [1.29, 1.82) is 5.26 Å². The van der Waals surface area contributed by atoms with Gasteiger partial charge in [-0.05, 0) is 99.7 Å². The number of benzene rings is 1. The van der Waals surface area contributed by atoms with Crippen LogP contribution in [-0.4, -0.2) is 12.7 Å². The molecule has 1 aromatic rings. The molecule has 3 rings (SSSR count). The van der Waals surface area contributed by atoms with E-state index in [0.29, 0.717) is 17.9 Å². The zero-order chi connectivity index (χ0) is 18.9. The van der Waals surface area contributed by atoms with Crippen LogP contribution in [-0.2, 0) is 4.74 Å². The van der Waals surface area contributed by atoms with Crippen molar-refractivity contribution in [2.24, 2.45) is 11.8 Å². The van der Waals surface area contributed by atoms with Crippen molar-refractivity contribution in [3.8, 4) is 6.07 Å². The summed E-state index contributed by atoms with van der Waals surface area (Å²) in [5.41, 5.74) is 1.29. The van der Waals surface area contributed by atoms with Gasteiger partial charge in [-0.1, -0.05) is 18.2 Å². The van der Waals surface area contributed by atoms with Crippen molar-refractivity contribution in [2.45, 2.75) is 76.2 Å². The van der Waals surface area contributed by atoms with E-state index in [-0.39, 0.29) is 5.82 Å². The van der Waals surface area contributed by atoms with Gasteiger partial charge in [-0.25, -0.2) is 4.39 Å². The minimum atomic E-state index is -0.144. The lowest BCUT2D eigenvalue weighted by Crippen LogP contribution is -2.25. The van der Waals surface area contributed by atoms with Gasteiger partial charge in [-0.2, -0.15) is 5.26 Å². The maximum Gasteiger partial charge on any atom is 0.123 e.